The Balaban J connectivity index is 2.45. The molecule has 2 rings (SSSR count). The van der Waals surface area contributed by atoms with Gasteiger partial charge >= 0.3 is 0 Å². The van der Waals surface area contributed by atoms with Crippen molar-refractivity contribution in [2.75, 3.05) is 20.1 Å². The molecule has 2 unspecified atom stereocenters. The predicted octanol–water partition coefficient (Wildman–Crippen LogP) is 2.72. The van der Waals surface area contributed by atoms with Gasteiger partial charge in [-0.15, -0.1) is 0 Å². The van der Waals surface area contributed by atoms with Gasteiger partial charge in [0.25, 0.3) is 0 Å². The zero-order chi connectivity index (χ0) is 13.4. The number of benzene rings is 1. The molecule has 3 nitrogen and oxygen atoms in total. The first-order valence-corrected chi connectivity index (χ1v) is 7.13. The molecule has 0 radical (unpaired) electrons. The lowest BCUT2D eigenvalue weighted by Gasteiger charge is -2.24. The molecule has 3 N–H and O–H groups in total. The normalized spacial score (nSPS) is 24.7. The number of phenols is 1. The molecule has 1 aliphatic heterocycles. The van der Waals surface area contributed by atoms with Crippen molar-refractivity contribution in [3.63, 3.8) is 0 Å². The number of rotatable bonds is 2. The molecule has 0 aliphatic carbocycles. The van der Waals surface area contributed by atoms with Gasteiger partial charge in [-0.2, -0.15) is 0 Å². The summed E-state index contributed by atoms with van der Waals surface area (Å²) in [6.07, 6.45) is 1.03. The van der Waals surface area contributed by atoms with E-state index >= 15 is 0 Å². The van der Waals surface area contributed by atoms with Crippen molar-refractivity contribution in [2.24, 2.45) is 11.7 Å². The Hall–Kier alpha value is -0.580. The molecular weight excluding hydrogens is 292 g/mol. The van der Waals surface area contributed by atoms with Crippen molar-refractivity contribution in [1.29, 1.82) is 0 Å². The van der Waals surface area contributed by atoms with Crippen LogP contribution < -0.4 is 5.73 Å². The maximum atomic E-state index is 10.3. The molecule has 0 aromatic heterocycles. The molecule has 1 aliphatic rings. The topological polar surface area (TPSA) is 49.5 Å². The van der Waals surface area contributed by atoms with Gasteiger partial charge in [0.05, 0.1) is 4.47 Å². The van der Waals surface area contributed by atoms with Crippen LogP contribution in [0.1, 0.15) is 29.2 Å². The number of aromatic hydroxyl groups is 1. The van der Waals surface area contributed by atoms with Gasteiger partial charge in [0.15, 0.2) is 0 Å². The van der Waals surface area contributed by atoms with E-state index in [-0.39, 0.29) is 6.04 Å². The molecule has 0 saturated carbocycles. The number of hydrogen-bond acceptors (Lipinski definition) is 3. The van der Waals surface area contributed by atoms with Gasteiger partial charge in [-0.1, -0.05) is 0 Å². The van der Waals surface area contributed by atoms with E-state index in [4.69, 9.17) is 5.73 Å². The summed E-state index contributed by atoms with van der Waals surface area (Å²) in [6.45, 7) is 5.89. The first-order chi connectivity index (χ1) is 8.45. The lowest BCUT2D eigenvalue weighted by Crippen LogP contribution is -2.21. The molecule has 18 heavy (non-hydrogen) atoms. The highest BCUT2D eigenvalue weighted by molar-refractivity contribution is 9.10. The Morgan fingerprint density at radius 3 is 2.72 bits per heavy atom. The molecule has 1 aromatic carbocycles. The maximum absolute atomic E-state index is 10.3. The second kappa shape index (κ2) is 5.19. The van der Waals surface area contributed by atoms with Gasteiger partial charge < -0.3 is 10.8 Å². The Kier molecular flexibility index (Phi) is 3.99. The summed E-state index contributed by atoms with van der Waals surface area (Å²) >= 11 is 3.44. The van der Waals surface area contributed by atoms with E-state index in [0.29, 0.717) is 18.2 Å². The van der Waals surface area contributed by atoms with E-state index in [0.717, 1.165) is 23.0 Å². The van der Waals surface area contributed by atoms with Crippen LogP contribution in [-0.2, 0) is 0 Å². The summed E-state index contributed by atoms with van der Waals surface area (Å²) in [5.74, 6) is 0.908. The van der Waals surface area contributed by atoms with Gasteiger partial charge in [-0.25, -0.2) is 0 Å². The molecule has 0 bridgehead atoms. The smallest absolute Gasteiger partial charge is 0.134 e. The highest BCUT2D eigenvalue weighted by atomic mass is 79.9. The van der Waals surface area contributed by atoms with Crippen LogP contribution in [0.5, 0.6) is 5.75 Å². The Morgan fingerprint density at radius 2 is 2.17 bits per heavy atom. The van der Waals surface area contributed by atoms with E-state index in [1.165, 1.54) is 11.1 Å². The van der Waals surface area contributed by atoms with Crippen LogP contribution in [0.15, 0.2) is 10.5 Å². The van der Waals surface area contributed by atoms with E-state index in [1.807, 2.05) is 6.07 Å². The van der Waals surface area contributed by atoms with E-state index in [9.17, 15) is 5.11 Å². The third kappa shape index (κ3) is 2.29. The van der Waals surface area contributed by atoms with Gasteiger partial charge in [-0.05, 0) is 72.9 Å². The second-order valence-corrected chi connectivity index (χ2v) is 6.21. The number of likely N-dealkylation sites (tertiary alicyclic amines) is 1. The van der Waals surface area contributed by atoms with Crippen LogP contribution in [0.3, 0.4) is 0 Å². The van der Waals surface area contributed by atoms with Crippen molar-refractivity contribution in [3.05, 3.63) is 27.2 Å². The molecule has 0 amide bonds. The summed E-state index contributed by atoms with van der Waals surface area (Å²) < 4.78 is 0.783. The number of aryl methyl sites for hydroxylation is 1. The highest BCUT2D eigenvalue weighted by Gasteiger charge is 2.33. The standard InChI is InChI=1S/C14H21BrN2O/c1-8-4-11(15)14(18)13(9(8)2)12-5-10(6-16)7-17(12)3/h4,10,12,18H,5-7,16H2,1-3H3. The fraction of sp³-hybridized carbons (Fsp3) is 0.571. The largest absolute Gasteiger partial charge is 0.506 e. The van der Waals surface area contributed by atoms with Crippen molar-refractivity contribution in [1.82, 2.24) is 4.90 Å². The first kappa shape index (κ1) is 13.8. The lowest BCUT2D eigenvalue weighted by molar-refractivity contribution is 0.304. The van der Waals surface area contributed by atoms with Gasteiger partial charge in [0.2, 0.25) is 0 Å². The minimum Gasteiger partial charge on any atom is -0.506 e. The van der Waals surface area contributed by atoms with Crippen LogP contribution >= 0.6 is 15.9 Å². The molecule has 1 heterocycles. The molecule has 1 aromatic rings. The quantitative estimate of drug-likeness (QED) is 0.883. The Labute approximate surface area is 117 Å². The Bertz CT molecular complexity index is 435. The zero-order valence-corrected chi connectivity index (χ0v) is 12.8. The fourth-order valence-corrected chi connectivity index (χ4v) is 3.46. The van der Waals surface area contributed by atoms with E-state index in [2.05, 4.69) is 41.7 Å². The van der Waals surface area contributed by atoms with E-state index < -0.39 is 0 Å². The molecule has 100 valence electrons. The number of hydrogen-bond donors (Lipinski definition) is 2. The molecule has 1 fully saturated rings. The SMILES string of the molecule is Cc1cc(Br)c(O)c(C2CC(CN)CN2C)c1C. The number of nitrogens with two attached hydrogens (primary N) is 1. The number of halogens is 1. The van der Waals surface area contributed by atoms with Crippen LogP contribution in [0, 0.1) is 19.8 Å². The van der Waals surface area contributed by atoms with Crippen LogP contribution in [0.25, 0.3) is 0 Å². The lowest BCUT2D eigenvalue weighted by atomic mass is 9.93. The molecule has 4 heteroatoms. The van der Waals surface area contributed by atoms with Crippen molar-refractivity contribution in [2.45, 2.75) is 26.3 Å². The third-order valence-electron chi connectivity index (χ3n) is 4.12. The van der Waals surface area contributed by atoms with Crippen LogP contribution in [0.4, 0.5) is 0 Å². The summed E-state index contributed by atoms with van der Waals surface area (Å²) in [5.41, 5.74) is 9.22. The molecular formula is C14H21BrN2O. The van der Waals surface area contributed by atoms with E-state index in [1.54, 1.807) is 0 Å². The molecule has 2 atom stereocenters. The number of phenolic OH excluding ortho intramolecular Hbond substituents is 1. The monoisotopic (exact) mass is 312 g/mol. The summed E-state index contributed by atoms with van der Waals surface area (Å²) in [7, 11) is 2.11. The van der Waals surface area contributed by atoms with Gasteiger partial charge in [0, 0.05) is 18.2 Å². The second-order valence-electron chi connectivity index (χ2n) is 5.36. The average Bonchev–Trinajstić information content (AvgIpc) is 2.69. The van der Waals surface area contributed by atoms with Gasteiger partial charge in [0.1, 0.15) is 5.75 Å². The van der Waals surface area contributed by atoms with Crippen molar-refractivity contribution >= 4 is 15.9 Å². The summed E-state index contributed by atoms with van der Waals surface area (Å²) in [4.78, 5) is 2.30. The van der Waals surface area contributed by atoms with Crippen molar-refractivity contribution in [3.8, 4) is 5.75 Å². The highest BCUT2D eigenvalue weighted by Crippen LogP contribution is 2.43. The third-order valence-corrected chi connectivity index (χ3v) is 4.73. The Morgan fingerprint density at radius 1 is 1.50 bits per heavy atom. The molecule has 0 spiro atoms. The first-order valence-electron chi connectivity index (χ1n) is 6.34. The minimum absolute atomic E-state index is 0.273. The summed E-state index contributed by atoms with van der Waals surface area (Å²) in [6, 6.07) is 2.25. The van der Waals surface area contributed by atoms with Crippen LogP contribution in [0.2, 0.25) is 0 Å². The van der Waals surface area contributed by atoms with Crippen molar-refractivity contribution < 1.29 is 5.11 Å². The maximum Gasteiger partial charge on any atom is 0.134 e. The number of nitrogens with zero attached hydrogens (tertiary/aromatic N) is 1. The summed E-state index contributed by atoms with van der Waals surface area (Å²) in [5, 5.41) is 10.3. The zero-order valence-electron chi connectivity index (χ0n) is 11.2. The van der Waals surface area contributed by atoms with Crippen LogP contribution in [-0.4, -0.2) is 30.1 Å². The predicted molar refractivity (Wildman–Crippen MR) is 77.8 cm³/mol. The fourth-order valence-electron chi connectivity index (χ4n) is 2.91. The average molecular weight is 313 g/mol. The van der Waals surface area contributed by atoms with Gasteiger partial charge in [-0.3, -0.25) is 4.90 Å². The minimum atomic E-state index is 0.273. The molecule has 1 saturated heterocycles.